The Morgan fingerprint density at radius 3 is 2.63 bits per heavy atom. The third kappa shape index (κ3) is 3.80. The maximum atomic E-state index is 14.1. The summed E-state index contributed by atoms with van der Waals surface area (Å²) in [5.74, 6) is 0.845. The van der Waals surface area contributed by atoms with Crippen molar-refractivity contribution in [3.8, 4) is 0 Å². The van der Waals surface area contributed by atoms with Crippen molar-refractivity contribution in [3.05, 3.63) is 41.7 Å². The van der Waals surface area contributed by atoms with Gasteiger partial charge in [-0.05, 0) is 48.8 Å². The summed E-state index contributed by atoms with van der Waals surface area (Å²) in [6, 6.07) is 4.19. The first kappa shape index (κ1) is 21.4. The lowest BCUT2D eigenvalue weighted by atomic mass is 9.67. The van der Waals surface area contributed by atoms with Gasteiger partial charge in [0.15, 0.2) is 0 Å². The summed E-state index contributed by atoms with van der Waals surface area (Å²) in [5.41, 5.74) is 0.315. The van der Waals surface area contributed by atoms with E-state index in [-0.39, 0.29) is 16.2 Å². The molecule has 0 N–H and O–H groups in total. The van der Waals surface area contributed by atoms with Gasteiger partial charge in [-0.2, -0.15) is 4.31 Å². The average Bonchev–Trinajstić information content (AvgIpc) is 3.29. The number of hydrogen-bond acceptors (Lipinski definition) is 4. The van der Waals surface area contributed by atoms with Crippen LogP contribution in [0.25, 0.3) is 0 Å². The average molecular weight is 435 g/mol. The van der Waals surface area contributed by atoms with Gasteiger partial charge >= 0.3 is 0 Å². The highest BCUT2D eigenvalue weighted by atomic mass is 32.2. The van der Waals surface area contributed by atoms with Crippen molar-refractivity contribution in [2.75, 3.05) is 13.1 Å². The van der Waals surface area contributed by atoms with Crippen molar-refractivity contribution in [2.45, 2.75) is 70.2 Å². The maximum absolute atomic E-state index is 14.1. The van der Waals surface area contributed by atoms with Crippen LogP contribution in [0.5, 0.6) is 0 Å². The molecule has 1 atom stereocenters. The van der Waals surface area contributed by atoms with Crippen LogP contribution >= 0.6 is 0 Å². The van der Waals surface area contributed by atoms with E-state index in [0.717, 1.165) is 44.1 Å². The molecule has 1 aliphatic heterocycles. The lowest BCUT2D eigenvalue weighted by Gasteiger charge is -2.37. The second-order valence-electron chi connectivity index (χ2n) is 9.42. The Labute approximate surface area is 178 Å². The normalized spacial score (nSPS) is 22.2. The minimum Gasteiger partial charge on any atom is -0.317 e. The summed E-state index contributed by atoms with van der Waals surface area (Å²) in [5, 5.41) is 8.61. The number of aryl methyl sites for hydroxylation is 1. The molecule has 6 nitrogen and oxygen atoms in total. The third-order valence-electron chi connectivity index (χ3n) is 6.77. The monoisotopic (exact) mass is 434 g/mol. The van der Waals surface area contributed by atoms with Gasteiger partial charge in [-0.25, -0.2) is 12.8 Å². The Bertz CT molecular complexity index is 1010. The van der Waals surface area contributed by atoms with Crippen LogP contribution in [-0.4, -0.2) is 40.6 Å². The van der Waals surface area contributed by atoms with Gasteiger partial charge in [0.05, 0.1) is 4.90 Å². The molecule has 1 unspecified atom stereocenters. The molecule has 0 bridgehead atoms. The highest BCUT2D eigenvalue weighted by molar-refractivity contribution is 7.89. The fraction of sp³-hybridized carbons (Fsp3) is 0.636. The SMILES string of the molecule is Cc1ccc(S(=O)(=O)N2CC(c3nncn3CC(C)C)C3(CCCCC3)C2)cc1F. The van der Waals surface area contributed by atoms with Gasteiger partial charge < -0.3 is 4.57 Å². The van der Waals surface area contributed by atoms with Crippen LogP contribution in [0, 0.1) is 24.1 Å². The molecule has 2 heterocycles. The second kappa shape index (κ2) is 8.04. The van der Waals surface area contributed by atoms with E-state index in [4.69, 9.17) is 0 Å². The number of sulfonamides is 1. The topological polar surface area (TPSA) is 68.1 Å². The van der Waals surface area contributed by atoms with Crippen molar-refractivity contribution in [1.29, 1.82) is 0 Å². The standard InChI is InChI=1S/C22H31FN4O2S/c1-16(2)12-26-15-24-25-21(26)19-13-27(14-22(19)9-5-4-6-10-22)30(28,29)18-8-7-17(3)20(23)11-18/h7-8,11,15-16,19H,4-6,9-10,12-14H2,1-3H3. The van der Waals surface area contributed by atoms with Crippen molar-refractivity contribution >= 4 is 10.0 Å². The number of aromatic nitrogens is 3. The van der Waals surface area contributed by atoms with Crippen LogP contribution in [0.2, 0.25) is 0 Å². The van der Waals surface area contributed by atoms with Gasteiger partial charge in [0.1, 0.15) is 18.0 Å². The molecular weight excluding hydrogens is 403 g/mol. The van der Waals surface area contributed by atoms with Gasteiger partial charge in [-0.15, -0.1) is 10.2 Å². The molecule has 0 amide bonds. The van der Waals surface area contributed by atoms with Gasteiger partial charge in [-0.1, -0.05) is 39.2 Å². The number of rotatable bonds is 5. The number of halogens is 1. The van der Waals surface area contributed by atoms with Gasteiger partial charge in [0.2, 0.25) is 10.0 Å². The predicted molar refractivity (Wildman–Crippen MR) is 113 cm³/mol. The van der Waals surface area contributed by atoms with E-state index in [1.807, 2.05) is 0 Å². The minimum absolute atomic E-state index is 0.00382. The molecular formula is C22H31FN4O2S. The van der Waals surface area contributed by atoms with E-state index < -0.39 is 15.8 Å². The van der Waals surface area contributed by atoms with E-state index in [1.165, 1.54) is 18.6 Å². The summed E-state index contributed by atoms with van der Waals surface area (Å²) in [6.45, 7) is 7.58. The summed E-state index contributed by atoms with van der Waals surface area (Å²) in [6.07, 6.45) is 7.12. The van der Waals surface area contributed by atoms with E-state index in [9.17, 15) is 12.8 Å². The lowest BCUT2D eigenvalue weighted by Crippen LogP contribution is -2.34. The van der Waals surface area contributed by atoms with Crippen molar-refractivity contribution < 1.29 is 12.8 Å². The number of hydrogen-bond donors (Lipinski definition) is 0. The zero-order chi connectivity index (χ0) is 21.5. The predicted octanol–water partition coefficient (Wildman–Crippen LogP) is 4.12. The highest BCUT2D eigenvalue weighted by Gasteiger charge is 2.52. The Kier molecular flexibility index (Phi) is 5.74. The maximum Gasteiger partial charge on any atom is 0.243 e. The van der Waals surface area contributed by atoms with Crippen LogP contribution in [0.15, 0.2) is 29.4 Å². The molecule has 1 spiro atoms. The van der Waals surface area contributed by atoms with E-state index in [1.54, 1.807) is 17.6 Å². The largest absolute Gasteiger partial charge is 0.317 e. The molecule has 0 radical (unpaired) electrons. The molecule has 1 aromatic heterocycles. The molecule has 2 aliphatic rings. The lowest BCUT2D eigenvalue weighted by molar-refractivity contribution is 0.175. The quantitative estimate of drug-likeness (QED) is 0.710. The Morgan fingerprint density at radius 2 is 1.97 bits per heavy atom. The van der Waals surface area contributed by atoms with Crippen molar-refractivity contribution in [1.82, 2.24) is 19.1 Å². The molecule has 4 rings (SSSR count). The summed E-state index contributed by atoms with van der Waals surface area (Å²) in [4.78, 5) is 0.0286. The molecule has 2 fully saturated rings. The first-order valence-corrected chi connectivity index (χ1v) is 12.3. The molecule has 2 aromatic rings. The Hall–Kier alpha value is -1.80. The van der Waals surface area contributed by atoms with Crippen LogP contribution in [0.1, 0.15) is 63.3 Å². The fourth-order valence-electron chi connectivity index (χ4n) is 5.18. The molecule has 1 saturated carbocycles. The number of nitrogens with zero attached hydrogens (tertiary/aromatic N) is 4. The van der Waals surface area contributed by atoms with Crippen LogP contribution in [0.3, 0.4) is 0 Å². The molecule has 1 aliphatic carbocycles. The van der Waals surface area contributed by atoms with Crippen LogP contribution in [0.4, 0.5) is 4.39 Å². The van der Waals surface area contributed by atoms with E-state index in [2.05, 4.69) is 28.6 Å². The highest BCUT2D eigenvalue weighted by Crippen LogP contribution is 2.52. The zero-order valence-electron chi connectivity index (χ0n) is 18.0. The van der Waals surface area contributed by atoms with Crippen molar-refractivity contribution in [2.24, 2.45) is 11.3 Å². The Morgan fingerprint density at radius 1 is 1.23 bits per heavy atom. The van der Waals surface area contributed by atoms with Crippen molar-refractivity contribution in [3.63, 3.8) is 0 Å². The second-order valence-corrected chi connectivity index (χ2v) is 11.4. The van der Waals surface area contributed by atoms with E-state index >= 15 is 0 Å². The molecule has 1 saturated heterocycles. The first-order chi connectivity index (χ1) is 14.2. The third-order valence-corrected chi connectivity index (χ3v) is 8.57. The Balaban J connectivity index is 1.71. The van der Waals surface area contributed by atoms with Crippen LogP contribution in [-0.2, 0) is 16.6 Å². The first-order valence-electron chi connectivity index (χ1n) is 10.9. The smallest absolute Gasteiger partial charge is 0.243 e. The summed E-state index contributed by atoms with van der Waals surface area (Å²) in [7, 11) is -3.78. The molecule has 164 valence electrons. The molecule has 8 heteroatoms. The zero-order valence-corrected chi connectivity index (χ0v) is 18.8. The van der Waals surface area contributed by atoms with Crippen LogP contribution < -0.4 is 0 Å². The van der Waals surface area contributed by atoms with Gasteiger partial charge in [0.25, 0.3) is 0 Å². The van der Waals surface area contributed by atoms with Gasteiger partial charge in [-0.3, -0.25) is 0 Å². The molecule has 30 heavy (non-hydrogen) atoms. The summed E-state index contributed by atoms with van der Waals surface area (Å²) >= 11 is 0. The number of benzene rings is 1. The van der Waals surface area contributed by atoms with Gasteiger partial charge in [0, 0.05) is 25.6 Å². The van der Waals surface area contributed by atoms with E-state index in [0.29, 0.717) is 24.6 Å². The summed E-state index contributed by atoms with van der Waals surface area (Å²) < 4.78 is 44.6. The fourth-order valence-corrected chi connectivity index (χ4v) is 6.74. The molecule has 1 aromatic carbocycles. The minimum atomic E-state index is -3.78.